The second-order valence-electron chi connectivity index (χ2n) is 4.94. The van der Waals surface area contributed by atoms with Crippen LogP contribution in [0.2, 0.25) is 0 Å². The molecule has 2 aromatic rings. The molecule has 1 aliphatic heterocycles. The molecule has 2 aromatic carbocycles. The molecule has 3 rings (SSSR count). The zero-order chi connectivity index (χ0) is 15.9. The number of nitro groups is 1. The van der Waals surface area contributed by atoms with Gasteiger partial charge in [-0.3, -0.25) is 10.1 Å². The Morgan fingerprint density at radius 1 is 1.18 bits per heavy atom. The van der Waals surface area contributed by atoms with Crippen LogP contribution in [0.1, 0.15) is 16.7 Å². The van der Waals surface area contributed by atoms with Gasteiger partial charge in [0.1, 0.15) is 0 Å². The minimum absolute atomic E-state index is 0.0533. The highest BCUT2D eigenvalue weighted by molar-refractivity contribution is 7.99. The zero-order valence-corrected chi connectivity index (χ0v) is 12.4. The second kappa shape index (κ2) is 5.31. The molecule has 110 valence electrons. The van der Waals surface area contributed by atoms with Gasteiger partial charge in [0, 0.05) is 27.5 Å². The van der Waals surface area contributed by atoms with Crippen LogP contribution in [-0.2, 0) is 4.79 Å². The average molecular weight is 313 g/mol. The van der Waals surface area contributed by atoms with Crippen LogP contribution in [-0.4, -0.2) is 16.0 Å². The predicted molar refractivity (Wildman–Crippen MR) is 83.9 cm³/mol. The topological polar surface area (TPSA) is 80.4 Å². The van der Waals surface area contributed by atoms with Crippen LogP contribution in [0.4, 0.5) is 5.69 Å². The molecule has 1 N–H and O–H groups in total. The van der Waals surface area contributed by atoms with Crippen LogP contribution in [0.5, 0.6) is 0 Å². The van der Waals surface area contributed by atoms with Crippen LogP contribution >= 0.6 is 11.8 Å². The number of hydrogen-bond donors (Lipinski definition) is 1. The number of carbonyl (C=O) groups is 1. The number of benzene rings is 2. The maximum atomic E-state index is 11.6. The number of hydrogen-bond acceptors (Lipinski definition) is 4. The summed E-state index contributed by atoms with van der Waals surface area (Å²) < 4.78 is 0. The third-order valence-electron chi connectivity index (χ3n) is 3.38. The SMILES string of the molecule is Cc1ccc2c(c1)C(C(=O)O)=Cc1cc([N+](=O)[O-])ccc1S2. The second-order valence-corrected chi connectivity index (χ2v) is 6.03. The molecule has 5 nitrogen and oxygen atoms in total. The van der Waals surface area contributed by atoms with Crippen LogP contribution in [0, 0.1) is 17.0 Å². The lowest BCUT2D eigenvalue weighted by Gasteiger charge is -2.08. The number of aryl methyl sites for hydroxylation is 1. The molecule has 6 heteroatoms. The summed E-state index contributed by atoms with van der Waals surface area (Å²) in [6, 6.07) is 10.1. The number of rotatable bonds is 2. The van der Waals surface area contributed by atoms with Gasteiger partial charge in [-0.25, -0.2) is 4.79 Å². The number of fused-ring (bicyclic) bond motifs is 2. The number of non-ortho nitro benzene ring substituents is 1. The summed E-state index contributed by atoms with van der Waals surface area (Å²) in [4.78, 5) is 23.7. The summed E-state index contributed by atoms with van der Waals surface area (Å²) in [6.45, 7) is 1.90. The first kappa shape index (κ1) is 14.3. The first-order valence-electron chi connectivity index (χ1n) is 6.48. The first-order chi connectivity index (χ1) is 10.5. The lowest BCUT2D eigenvalue weighted by atomic mass is 10.0. The summed E-state index contributed by atoms with van der Waals surface area (Å²) in [6.07, 6.45) is 1.50. The first-order valence-corrected chi connectivity index (χ1v) is 7.29. The Morgan fingerprint density at radius 3 is 2.59 bits per heavy atom. The molecule has 0 aromatic heterocycles. The average Bonchev–Trinajstić information content (AvgIpc) is 2.62. The molecule has 22 heavy (non-hydrogen) atoms. The van der Waals surface area contributed by atoms with Crippen molar-refractivity contribution >= 4 is 35.1 Å². The van der Waals surface area contributed by atoms with Crippen LogP contribution in [0.15, 0.2) is 46.2 Å². The lowest BCUT2D eigenvalue weighted by molar-refractivity contribution is -0.384. The fourth-order valence-corrected chi connectivity index (χ4v) is 3.35. The maximum absolute atomic E-state index is 11.6. The molecule has 0 atom stereocenters. The third kappa shape index (κ3) is 2.48. The van der Waals surface area contributed by atoms with Crippen molar-refractivity contribution in [1.29, 1.82) is 0 Å². The molecule has 0 saturated heterocycles. The molecular weight excluding hydrogens is 302 g/mol. The highest BCUT2D eigenvalue weighted by atomic mass is 32.2. The van der Waals surface area contributed by atoms with Crippen molar-refractivity contribution in [1.82, 2.24) is 0 Å². The van der Waals surface area contributed by atoms with E-state index in [9.17, 15) is 20.0 Å². The maximum Gasteiger partial charge on any atom is 0.336 e. The Hall–Kier alpha value is -2.60. The van der Waals surface area contributed by atoms with E-state index in [-0.39, 0.29) is 11.3 Å². The van der Waals surface area contributed by atoms with Crippen molar-refractivity contribution in [2.75, 3.05) is 0 Å². The number of nitrogens with zero attached hydrogens (tertiary/aromatic N) is 1. The Labute approximate surface area is 130 Å². The molecule has 0 unspecified atom stereocenters. The standard InChI is InChI=1S/C16H11NO4S/c1-9-2-4-15-12(6-9)13(16(18)19)8-10-7-11(17(20)21)3-5-14(10)22-15/h2-8H,1H3,(H,18,19). The van der Waals surface area contributed by atoms with Gasteiger partial charge in [-0.15, -0.1) is 0 Å². The highest BCUT2D eigenvalue weighted by Gasteiger charge is 2.22. The lowest BCUT2D eigenvalue weighted by Crippen LogP contribution is -2.00. The summed E-state index contributed by atoms with van der Waals surface area (Å²) in [5.74, 6) is -1.05. The Balaban J connectivity index is 2.26. The predicted octanol–water partition coefficient (Wildman–Crippen LogP) is 3.99. The van der Waals surface area contributed by atoms with E-state index in [2.05, 4.69) is 0 Å². The molecule has 1 heterocycles. The summed E-state index contributed by atoms with van der Waals surface area (Å²) in [7, 11) is 0. The van der Waals surface area contributed by atoms with Gasteiger partial charge in [-0.2, -0.15) is 0 Å². The summed E-state index contributed by atoms with van der Waals surface area (Å²) in [5, 5.41) is 20.4. The van der Waals surface area contributed by atoms with Gasteiger partial charge in [-0.05, 0) is 30.7 Å². The molecule has 1 aliphatic rings. The summed E-state index contributed by atoms with van der Waals surface area (Å²) >= 11 is 1.42. The minimum Gasteiger partial charge on any atom is -0.478 e. The number of carboxylic acids is 1. The van der Waals surface area contributed by atoms with E-state index >= 15 is 0 Å². The normalized spacial score (nSPS) is 12.7. The summed E-state index contributed by atoms with van der Waals surface area (Å²) in [5.41, 5.74) is 2.23. The number of aliphatic carboxylic acids is 1. The van der Waals surface area contributed by atoms with Crippen molar-refractivity contribution in [2.24, 2.45) is 0 Å². The minimum atomic E-state index is -1.05. The van der Waals surface area contributed by atoms with E-state index in [1.807, 2.05) is 25.1 Å². The van der Waals surface area contributed by atoms with Crippen molar-refractivity contribution in [3.8, 4) is 0 Å². The Kier molecular flexibility index (Phi) is 3.46. The highest BCUT2D eigenvalue weighted by Crippen LogP contribution is 2.41. The van der Waals surface area contributed by atoms with Crippen molar-refractivity contribution in [3.05, 3.63) is 63.2 Å². The van der Waals surface area contributed by atoms with Gasteiger partial charge in [0.25, 0.3) is 5.69 Å². The van der Waals surface area contributed by atoms with Gasteiger partial charge in [-0.1, -0.05) is 29.5 Å². The van der Waals surface area contributed by atoms with E-state index in [1.54, 1.807) is 6.07 Å². The van der Waals surface area contributed by atoms with Crippen LogP contribution in [0.3, 0.4) is 0 Å². The molecule has 0 amide bonds. The van der Waals surface area contributed by atoms with E-state index < -0.39 is 10.9 Å². The van der Waals surface area contributed by atoms with E-state index in [0.717, 1.165) is 15.4 Å². The Bertz CT molecular complexity index is 842. The fraction of sp³-hybridized carbons (Fsp3) is 0.0625. The van der Waals surface area contributed by atoms with Gasteiger partial charge in [0.15, 0.2) is 0 Å². The van der Waals surface area contributed by atoms with Gasteiger partial charge in [0.05, 0.1) is 10.5 Å². The van der Waals surface area contributed by atoms with Crippen molar-refractivity contribution in [2.45, 2.75) is 16.7 Å². The Morgan fingerprint density at radius 2 is 1.91 bits per heavy atom. The van der Waals surface area contributed by atoms with Crippen LogP contribution < -0.4 is 0 Å². The van der Waals surface area contributed by atoms with Gasteiger partial charge >= 0.3 is 5.97 Å². The molecular formula is C16H11NO4S. The molecule has 0 fully saturated rings. The van der Waals surface area contributed by atoms with E-state index in [0.29, 0.717) is 11.1 Å². The van der Waals surface area contributed by atoms with Crippen LogP contribution in [0.25, 0.3) is 11.6 Å². The smallest absolute Gasteiger partial charge is 0.336 e. The third-order valence-corrected chi connectivity index (χ3v) is 4.55. The molecule has 0 spiro atoms. The number of carboxylic acid groups (broad SMARTS) is 1. The fourth-order valence-electron chi connectivity index (χ4n) is 2.33. The van der Waals surface area contributed by atoms with Gasteiger partial charge in [0.2, 0.25) is 0 Å². The zero-order valence-electron chi connectivity index (χ0n) is 11.6. The molecule has 0 radical (unpaired) electrons. The van der Waals surface area contributed by atoms with E-state index in [1.165, 1.54) is 30.0 Å². The molecule has 0 bridgehead atoms. The van der Waals surface area contributed by atoms with E-state index in [4.69, 9.17) is 0 Å². The number of nitro benzene ring substituents is 1. The quantitative estimate of drug-likeness (QED) is 0.669. The molecule has 0 aliphatic carbocycles. The molecule has 0 saturated carbocycles. The monoisotopic (exact) mass is 313 g/mol. The van der Waals surface area contributed by atoms with Crippen molar-refractivity contribution < 1.29 is 14.8 Å². The largest absolute Gasteiger partial charge is 0.478 e. The van der Waals surface area contributed by atoms with Gasteiger partial charge < -0.3 is 5.11 Å². The van der Waals surface area contributed by atoms with Crippen molar-refractivity contribution in [3.63, 3.8) is 0 Å².